The Bertz CT molecular complexity index is 323. The Hall–Kier alpha value is -0.870. The molecule has 4 heteroatoms. The third kappa shape index (κ3) is 2.58. The van der Waals surface area contributed by atoms with Crippen molar-refractivity contribution in [2.75, 3.05) is 20.1 Å². The first-order chi connectivity index (χ1) is 7.29. The molecule has 1 aliphatic rings. The lowest BCUT2D eigenvalue weighted by Crippen LogP contribution is -2.34. The molecule has 0 aliphatic carbocycles. The second-order valence-corrected chi connectivity index (χ2v) is 4.70. The van der Waals surface area contributed by atoms with Gasteiger partial charge in [0.05, 0.1) is 6.42 Å². The van der Waals surface area contributed by atoms with Gasteiger partial charge in [-0.25, -0.2) is 0 Å². The van der Waals surface area contributed by atoms with E-state index in [9.17, 15) is 4.79 Å². The second-order valence-electron chi connectivity index (χ2n) is 3.92. The summed E-state index contributed by atoms with van der Waals surface area (Å²) < 4.78 is 0. The van der Waals surface area contributed by atoms with Gasteiger partial charge >= 0.3 is 0 Å². The monoisotopic (exact) mass is 224 g/mol. The molecule has 2 heterocycles. The summed E-state index contributed by atoms with van der Waals surface area (Å²) in [6.07, 6.45) is 1.63. The first kappa shape index (κ1) is 10.6. The van der Waals surface area contributed by atoms with Crippen LogP contribution in [0.5, 0.6) is 0 Å². The minimum atomic E-state index is 0.256. The highest BCUT2D eigenvalue weighted by atomic mass is 32.1. The van der Waals surface area contributed by atoms with Crippen LogP contribution in [0.15, 0.2) is 16.8 Å². The number of rotatable bonds is 3. The first-order valence-corrected chi connectivity index (χ1v) is 6.20. The van der Waals surface area contributed by atoms with Crippen LogP contribution in [0.3, 0.4) is 0 Å². The van der Waals surface area contributed by atoms with Crippen LogP contribution >= 0.6 is 11.3 Å². The van der Waals surface area contributed by atoms with Gasteiger partial charge in [-0.15, -0.1) is 0 Å². The number of nitrogens with one attached hydrogen (secondary N) is 1. The SMILES string of the molecule is CNC1CCN(C(=O)Cc2ccsc2)C1. The van der Waals surface area contributed by atoms with E-state index in [1.807, 2.05) is 28.8 Å². The number of likely N-dealkylation sites (tertiary alicyclic amines) is 1. The smallest absolute Gasteiger partial charge is 0.227 e. The maximum atomic E-state index is 11.9. The van der Waals surface area contributed by atoms with E-state index in [0.29, 0.717) is 12.5 Å². The molecule has 15 heavy (non-hydrogen) atoms. The Morgan fingerprint density at radius 1 is 1.73 bits per heavy atom. The average Bonchev–Trinajstić information content (AvgIpc) is 2.86. The van der Waals surface area contributed by atoms with Crippen molar-refractivity contribution >= 4 is 17.2 Å². The number of carbonyl (C=O) groups excluding carboxylic acids is 1. The van der Waals surface area contributed by atoms with E-state index < -0.39 is 0 Å². The maximum Gasteiger partial charge on any atom is 0.227 e. The van der Waals surface area contributed by atoms with Crippen LogP contribution in [0.4, 0.5) is 0 Å². The standard InChI is InChI=1S/C11H16N2OS/c1-12-10-2-4-13(7-10)11(14)6-9-3-5-15-8-9/h3,5,8,10,12H,2,4,6-7H2,1H3. The lowest BCUT2D eigenvalue weighted by atomic mass is 10.2. The molecule has 0 bridgehead atoms. The quantitative estimate of drug-likeness (QED) is 0.834. The van der Waals surface area contributed by atoms with Gasteiger partial charge in [0.15, 0.2) is 0 Å². The molecule has 1 aromatic rings. The predicted molar refractivity (Wildman–Crippen MR) is 62.1 cm³/mol. The summed E-state index contributed by atoms with van der Waals surface area (Å²) in [5, 5.41) is 7.28. The first-order valence-electron chi connectivity index (χ1n) is 5.25. The molecule has 1 aromatic heterocycles. The molecule has 2 rings (SSSR count). The van der Waals surface area contributed by atoms with Crippen molar-refractivity contribution in [3.8, 4) is 0 Å². The average molecular weight is 224 g/mol. The van der Waals surface area contributed by atoms with E-state index >= 15 is 0 Å². The van der Waals surface area contributed by atoms with Crippen molar-refractivity contribution in [1.29, 1.82) is 0 Å². The van der Waals surface area contributed by atoms with E-state index in [0.717, 1.165) is 25.1 Å². The van der Waals surface area contributed by atoms with Gasteiger partial charge in [-0.2, -0.15) is 11.3 Å². The molecular weight excluding hydrogens is 208 g/mol. The number of hydrogen-bond acceptors (Lipinski definition) is 3. The fourth-order valence-corrected chi connectivity index (χ4v) is 2.57. The number of carbonyl (C=O) groups is 1. The van der Waals surface area contributed by atoms with Gasteiger partial charge in [0.2, 0.25) is 5.91 Å². The van der Waals surface area contributed by atoms with Crippen LogP contribution in [-0.2, 0) is 11.2 Å². The van der Waals surface area contributed by atoms with Gasteiger partial charge in [-0.05, 0) is 35.9 Å². The van der Waals surface area contributed by atoms with Crippen LogP contribution in [-0.4, -0.2) is 37.0 Å². The van der Waals surface area contributed by atoms with Crippen LogP contribution < -0.4 is 5.32 Å². The van der Waals surface area contributed by atoms with Gasteiger partial charge in [-0.1, -0.05) is 0 Å². The van der Waals surface area contributed by atoms with Crippen molar-refractivity contribution in [1.82, 2.24) is 10.2 Å². The van der Waals surface area contributed by atoms with Crippen LogP contribution in [0, 0.1) is 0 Å². The molecule has 0 aromatic carbocycles. The maximum absolute atomic E-state index is 11.9. The molecule has 0 saturated carbocycles. The number of likely N-dealkylation sites (N-methyl/N-ethyl adjacent to an activating group) is 1. The molecule has 1 fully saturated rings. The van der Waals surface area contributed by atoms with Gasteiger partial charge in [0.1, 0.15) is 0 Å². The lowest BCUT2D eigenvalue weighted by Gasteiger charge is -2.15. The molecule has 1 amide bonds. The molecule has 1 saturated heterocycles. The van der Waals surface area contributed by atoms with Gasteiger partial charge < -0.3 is 10.2 Å². The van der Waals surface area contributed by atoms with E-state index in [1.165, 1.54) is 0 Å². The fraction of sp³-hybridized carbons (Fsp3) is 0.545. The number of nitrogens with zero attached hydrogens (tertiary/aromatic N) is 1. The second kappa shape index (κ2) is 4.77. The Morgan fingerprint density at radius 3 is 3.20 bits per heavy atom. The summed E-state index contributed by atoms with van der Waals surface area (Å²) in [5.41, 5.74) is 1.14. The minimum absolute atomic E-state index is 0.256. The highest BCUT2D eigenvalue weighted by molar-refractivity contribution is 7.07. The molecule has 0 spiro atoms. The summed E-state index contributed by atoms with van der Waals surface area (Å²) in [4.78, 5) is 13.8. The van der Waals surface area contributed by atoms with Crippen LogP contribution in [0.1, 0.15) is 12.0 Å². The Labute approximate surface area is 94.1 Å². The highest BCUT2D eigenvalue weighted by Crippen LogP contribution is 2.13. The Balaban J connectivity index is 1.87. The summed E-state index contributed by atoms with van der Waals surface area (Å²) in [6, 6.07) is 2.50. The zero-order valence-electron chi connectivity index (χ0n) is 8.90. The molecule has 1 aliphatic heterocycles. The molecule has 1 N–H and O–H groups in total. The summed E-state index contributed by atoms with van der Waals surface area (Å²) in [7, 11) is 1.96. The van der Waals surface area contributed by atoms with Gasteiger partial charge in [-0.3, -0.25) is 4.79 Å². The van der Waals surface area contributed by atoms with Gasteiger partial charge in [0.25, 0.3) is 0 Å². The molecule has 1 unspecified atom stereocenters. The van der Waals surface area contributed by atoms with Crippen molar-refractivity contribution in [2.45, 2.75) is 18.9 Å². The van der Waals surface area contributed by atoms with E-state index in [2.05, 4.69) is 5.32 Å². The Kier molecular flexibility index (Phi) is 3.38. The van der Waals surface area contributed by atoms with E-state index in [4.69, 9.17) is 0 Å². The molecule has 3 nitrogen and oxygen atoms in total. The van der Waals surface area contributed by atoms with Crippen molar-refractivity contribution in [3.63, 3.8) is 0 Å². The van der Waals surface area contributed by atoms with E-state index in [1.54, 1.807) is 11.3 Å². The third-order valence-electron chi connectivity index (χ3n) is 2.88. The highest BCUT2D eigenvalue weighted by Gasteiger charge is 2.24. The number of hydrogen-bond donors (Lipinski definition) is 1. The lowest BCUT2D eigenvalue weighted by molar-refractivity contribution is -0.129. The minimum Gasteiger partial charge on any atom is -0.341 e. The molecule has 82 valence electrons. The van der Waals surface area contributed by atoms with Crippen molar-refractivity contribution in [2.24, 2.45) is 0 Å². The summed E-state index contributed by atoms with van der Waals surface area (Å²) in [5.74, 6) is 0.256. The molecule has 0 radical (unpaired) electrons. The normalized spacial score (nSPS) is 20.9. The van der Waals surface area contributed by atoms with E-state index in [-0.39, 0.29) is 5.91 Å². The Morgan fingerprint density at radius 2 is 2.60 bits per heavy atom. The van der Waals surface area contributed by atoms with Crippen molar-refractivity contribution in [3.05, 3.63) is 22.4 Å². The summed E-state index contributed by atoms with van der Waals surface area (Å²) in [6.45, 7) is 1.76. The number of amides is 1. The fourth-order valence-electron chi connectivity index (χ4n) is 1.90. The molecular formula is C11H16N2OS. The molecule has 1 atom stereocenters. The zero-order valence-corrected chi connectivity index (χ0v) is 9.72. The van der Waals surface area contributed by atoms with Crippen LogP contribution in [0.25, 0.3) is 0 Å². The predicted octanol–water partition coefficient (Wildman–Crippen LogP) is 1.11. The zero-order chi connectivity index (χ0) is 10.7. The third-order valence-corrected chi connectivity index (χ3v) is 3.62. The van der Waals surface area contributed by atoms with Crippen LogP contribution in [0.2, 0.25) is 0 Å². The topological polar surface area (TPSA) is 32.3 Å². The largest absolute Gasteiger partial charge is 0.341 e. The number of thiophene rings is 1. The summed E-state index contributed by atoms with van der Waals surface area (Å²) >= 11 is 1.65. The van der Waals surface area contributed by atoms with Gasteiger partial charge in [0, 0.05) is 19.1 Å². The van der Waals surface area contributed by atoms with Crippen molar-refractivity contribution < 1.29 is 4.79 Å².